The molecule has 2 nitrogen and oxygen atoms in total. The van der Waals surface area contributed by atoms with E-state index >= 15 is 0 Å². The highest BCUT2D eigenvalue weighted by Crippen LogP contribution is 2.14. The van der Waals surface area contributed by atoms with Crippen molar-refractivity contribution >= 4 is 0 Å². The van der Waals surface area contributed by atoms with Crippen LogP contribution in [0.4, 0.5) is 0 Å². The molecular weight excluding hydrogens is 210 g/mol. The van der Waals surface area contributed by atoms with Crippen molar-refractivity contribution in [3.63, 3.8) is 0 Å². The van der Waals surface area contributed by atoms with E-state index in [0.29, 0.717) is 0 Å². The number of rotatable bonds is 4. The second-order valence-corrected chi connectivity index (χ2v) is 4.92. The Morgan fingerprint density at radius 3 is 2.71 bits per heavy atom. The largest absolute Gasteiger partial charge is 0.379 e. The van der Waals surface area contributed by atoms with Crippen LogP contribution in [-0.4, -0.2) is 37.7 Å². The molecular formula is C15H23NO. The molecule has 0 saturated carbocycles. The second kappa shape index (κ2) is 6.18. The molecule has 94 valence electrons. The van der Waals surface area contributed by atoms with Crippen molar-refractivity contribution < 1.29 is 4.74 Å². The number of benzene rings is 1. The molecule has 1 aliphatic rings. The first-order chi connectivity index (χ1) is 8.27. The first kappa shape index (κ1) is 12.6. The number of nitrogens with zero attached hydrogens (tertiary/aromatic N) is 1. The van der Waals surface area contributed by atoms with Crippen LogP contribution in [0.5, 0.6) is 0 Å². The summed E-state index contributed by atoms with van der Waals surface area (Å²) in [5, 5.41) is 0. The summed E-state index contributed by atoms with van der Waals surface area (Å²) in [6.07, 6.45) is 2.45. The van der Waals surface area contributed by atoms with Crippen molar-refractivity contribution in [3.8, 4) is 0 Å². The smallest absolute Gasteiger partial charge is 0.0594 e. The summed E-state index contributed by atoms with van der Waals surface area (Å²) in [6.45, 7) is 9.66. The van der Waals surface area contributed by atoms with Gasteiger partial charge in [0, 0.05) is 13.1 Å². The highest BCUT2D eigenvalue weighted by atomic mass is 16.5. The molecule has 0 aliphatic carbocycles. The predicted molar refractivity (Wildman–Crippen MR) is 71.5 cm³/mol. The van der Waals surface area contributed by atoms with E-state index in [4.69, 9.17) is 4.74 Å². The lowest BCUT2D eigenvalue weighted by atomic mass is 10.00. The monoisotopic (exact) mass is 233 g/mol. The zero-order chi connectivity index (χ0) is 12.1. The Morgan fingerprint density at radius 1 is 1.18 bits per heavy atom. The molecule has 1 heterocycles. The zero-order valence-corrected chi connectivity index (χ0v) is 11.0. The Hall–Kier alpha value is -0.860. The summed E-state index contributed by atoms with van der Waals surface area (Å²) in [6, 6.07) is 6.63. The van der Waals surface area contributed by atoms with Crippen LogP contribution in [0.15, 0.2) is 18.2 Å². The predicted octanol–water partition coefficient (Wildman–Crippen LogP) is 2.57. The van der Waals surface area contributed by atoms with Crippen molar-refractivity contribution in [2.24, 2.45) is 0 Å². The Balaban J connectivity index is 1.79. The van der Waals surface area contributed by atoms with Crippen molar-refractivity contribution in [1.82, 2.24) is 4.90 Å². The first-order valence-electron chi connectivity index (χ1n) is 6.62. The van der Waals surface area contributed by atoms with Crippen molar-refractivity contribution in [1.29, 1.82) is 0 Å². The summed E-state index contributed by atoms with van der Waals surface area (Å²) < 4.78 is 5.36. The van der Waals surface area contributed by atoms with E-state index in [-0.39, 0.29) is 0 Å². The quantitative estimate of drug-likeness (QED) is 0.792. The van der Waals surface area contributed by atoms with Crippen LogP contribution in [0.25, 0.3) is 0 Å². The summed E-state index contributed by atoms with van der Waals surface area (Å²) in [5.41, 5.74) is 4.39. The average molecular weight is 233 g/mol. The van der Waals surface area contributed by atoms with Gasteiger partial charge in [-0.25, -0.2) is 0 Å². The first-order valence-corrected chi connectivity index (χ1v) is 6.62. The van der Waals surface area contributed by atoms with E-state index in [1.165, 1.54) is 36.1 Å². The fourth-order valence-corrected chi connectivity index (χ4v) is 2.40. The van der Waals surface area contributed by atoms with Gasteiger partial charge in [0.1, 0.15) is 0 Å². The van der Waals surface area contributed by atoms with Crippen LogP contribution >= 0.6 is 0 Å². The Bertz CT molecular complexity index is 356. The van der Waals surface area contributed by atoms with Crippen molar-refractivity contribution in [2.45, 2.75) is 26.7 Å². The third kappa shape index (κ3) is 3.55. The number of hydrogen-bond donors (Lipinski definition) is 0. The maximum Gasteiger partial charge on any atom is 0.0594 e. The molecule has 17 heavy (non-hydrogen) atoms. The molecule has 0 radical (unpaired) electrons. The lowest BCUT2D eigenvalue weighted by molar-refractivity contribution is 0.0374. The molecule has 2 rings (SSSR count). The molecule has 0 spiro atoms. The minimum Gasteiger partial charge on any atom is -0.379 e. The Labute approximate surface area is 105 Å². The Morgan fingerprint density at radius 2 is 1.94 bits per heavy atom. The molecule has 1 aromatic rings. The van der Waals surface area contributed by atoms with Gasteiger partial charge < -0.3 is 4.74 Å². The van der Waals surface area contributed by atoms with E-state index in [1.54, 1.807) is 0 Å². The molecule has 0 atom stereocenters. The molecule has 0 unspecified atom stereocenters. The number of morpholine rings is 1. The third-order valence-electron chi connectivity index (χ3n) is 3.74. The third-order valence-corrected chi connectivity index (χ3v) is 3.74. The summed E-state index contributed by atoms with van der Waals surface area (Å²) in [5.74, 6) is 0. The summed E-state index contributed by atoms with van der Waals surface area (Å²) in [7, 11) is 0. The van der Waals surface area contributed by atoms with E-state index in [1.807, 2.05) is 0 Å². The van der Waals surface area contributed by atoms with Crippen LogP contribution in [0, 0.1) is 13.8 Å². The second-order valence-electron chi connectivity index (χ2n) is 4.92. The fraction of sp³-hybridized carbons (Fsp3) is 0.600. The van der Waals surface area contributed by atoms with Gasteiger partial charge in [-0.2, -0.15) is 0 Å². The van der Waals surface area contributed by atoms with Gasteiger partial charge in [0.05, 0.1) is 13.2 Å². The molecule has 0 N–H and O–H groups in total. The van der Waals surface area contributed by atoms with Gasteiger partial charge >= 0.3 is 0 Å². The van der Waals surface area contributed by atoms with E-state index in [0.717, 1.165) is 26.3 Å². The average Bonchev–Trinajstić information content (AvgIpc) is 2.36. The van der Waals surface area contributed by atoms with Gasteiger partial charge in [-0.05, 0) is 49.9 Å². The molecule has 1 aliphatic heterocycles. The van der Waals surface area contributed by atoms with Crippen LogP contribution in [0.3, 0.4) is 0 Å². The summed E-state index contributed by atoms with van der Waals surface area (Å²) in [4.78, 5) is 2.51. The molecule has 0 amide bonds. The summed E-state index contributed by atoms with van der Waals surface area (Å²) >= 11 is 0. The van der Waals surface area contributed by atoms with Gasteiger partial charge in [0.15, 0.2) is 0 Å². The Kier molecular flexibility index (Phi) is 4.57. The number of aryl methyl sites for hydroxylation is 2. The van der Waals surface area contributed by atoms with Crippen molar-refractivity contribution in [2.75, 3.05) is 32.8 Å². The lowest BCUT2D eigenvalue weighted by Gasteiger charge is -2.26. The van der Waals surface area contributed by atoms with Gasteiger partial charge in [-0.15, -0.1) is 0 Å². The SMILES string of the molecule is Cc1cccc(CCCN2CCOCC2)c1C. The number of hydrogen-bond acceptors (Lipinski definition) is 2. The topological polar surface area (TPSA) is 12.5 Å². The maximum absolute atomic E-state index is 5.36. The standard InChI is InChI=1S/C15H23NO/c1-13-5-3-6-15(14(13)2)7-4-8-16-9-11-17-12-10-16/h3,5-6H,4,7-12H2,1-2H3. The minimum absolute atomic E-state index is 0.906. The van der Waals surface area contributed by atoms with Crippen LogP contribution in [0.2, 0.25) is 0 Å². The van der Waals surface area contributed by atoms with E-state index < -0.39 is 0 Å². The van der Waals surface area contributed by atoms with Crippen LogP contribution < -0.4 is 0 Å². The van der Waals surface area contributed by atoms with Crippen LogP contribution in [-0.2, 0) is 11.2 Å². The van der Waals surface area contributed by atoms with Crippen molar-refractivity contribution in [3.05, 3.63) is 34.9 Å². The molecule has 1 saturated heterocycles. The number of ether oxygens (including phenoxy) is 1. The highest BCUT2D eigenvalue weighted by molar-refractivity contribution is 5.33. The van der Waals surface area contributed by atoms with E-state index in [9.17, 15) is 0 Å². The lowest BCUT2D eigenvalue weighted by Crippen LogP contribution is -2.36. The molecule has 2 heteroatoms. The van der Waals surface area contributed by atoms with Gasteiger partial charge in [-0.1, -0.05) is 18.2 Å². The normalized spacial score (nSPS) is 17.3. The van der Waals surface area contributed by atoms with Gasteiger partial charge in [0.25, 0.3) is 0 Å². The van der Waals surface area contributed by atoms with Gasteiger partial charge in [-0.3, -0.25) is 4.90 Å². The maximum atomic E-state index is 5.36. The molecule has 1 aromatic carbocycles. The fourth-order valence-electron chi connectivity index (χ4n) is 2.40. The van der Waals surface area contributed by atoms with Crippen LogP contribution in [0.1, 0.15) is 23.1 Å². The zero-order valence-electron chi connectivity index (χ0n) is 11.0. The molecule has 0 aromatic heterocycles. The van der Waals surface area contributed by atoms with E-state index in [2.05, 4.69) is 36.9 Å². The van der Waals surface area contributed by atoms with Gasteiger partial charge in [0.2, 0.25) is 0 Å². The molecule has 0 bridgehead atoms. The highest BCUT2D eigenvalue weighted by Gasteiger charge is 2.09. The molecule has 1 fully saturated rings. The minimum atomic E-state index is 0.906.